The second kappa shape index (κ2) is 9.40. The van der Waals surface area contributed by atoms with Crippen LogP contribution in [0.1, 0.15) is 48.3 Å². The first-order valence-corrected chi connectivity index (χ1v) is 11.7. The van der Waals surface area contributed by atoms with Gasteiger partial charge in [0.2, 0.25) is 0 Å². The smallest absolute Gasteiger partial charge is 0.338 e. The Hall–Kier alpha value is -3.49. The molecule has 2 aromatic carbocycles. The van der Waals surface area contributed by atoms with Gasteiger partial charge in [-0.2, -0.15) is 0 Å². The van der Waals surface area contributed by atoms with Crippen molar-refractivity contribution >= 4 is 41.0 Å². The van der Waals surface area contributed by atoms with Crippen LogP contribution in [0.15, 0.2) is 69.6 Å². The lowest BCUT2D eigenvalue weighted by atomic mass is 9.96. The lowest BCUT2D eigenvalue weighted by molar-refractivity contribution is -0.255. The molecule has 1 aromatic heterocycles. The number of allylic oxidation sites excluding steroid dienone is 1. The molecule has 4 rings (SSSR count). The van der Waals surface area contributed by atoms with Gasteiger partial charge in [-0.15, -0.1) is 0 Å². The Labute approximate surface area is 203 Å². The Morgan fingerprint density at radius 3 is 2.38 bits per heavy atom. The van der Waals surface area contributed by atoms with Gasteiger partial charge in [0.25, 0.3) is 5.56 Å². The molecule has 34 heavy (non-hydrogen) atoms. The third-order valence-corrected chi connectivity index (χ3v) is 6.45. The van der Waals surface area contributed by atoms with E-state index in [2.05, 4.69) is 4.99 Å². The number of rotatable bonds is 5. The molecule has 0 saturated heterocycles. The molecule has 1 aliphatic rings. The molecule has 3 aromatic rings. The van der Waals surface area contributed by atoms with Crippen LogP contribution >= 0.6 is 22.9 Å². The fraction of sp³-hybridized carbons (Fsp3) is 0.200. The largest absolute Gasteiger partial charge is 0.545 e. The first-order chi connectivity index (χ1) is 16.2. The van der Waals surface area contributed by atoms with Crippen molar-refractivity contribution in [2.24, 2.45) is 4.99 Å². The van der Waals surface area contributed by atoms with Crippen molar-refractivity contribution in [2.45, 2.75) is 32.9 Å². The Kier molecular flexibility index (Phi) is 6.54. The fourth-order valence-corrected chi connectivity index (χ4v) is 4.86. The average molecular weight is 496 g/mol. The summed E-state index contributed by atoms with van der Waals surface area (Å²) in [6.45, 7) is 5.23. The summed E-state index contributed by atoms with van der Waals surface area (Å²) in [4.78, 5) is 42.5. The second-order valence-corrected chi connectivity index (χ2v) is 9.44. The molecule has 9 heteroatoms. The van der Waals surface area contributed by atoms with Gasteiger partial charge < -0.3 is 14.6 Å². The number of esters is 1. The summed E-state index contributed by atoms with van der Waals surface area (Å²) in [7, 11) is 0. The maximum Gasteiger partial charge on any atom is 0.338 e. The maximum atomic E-state index is 13.5. The number of fused-ring (bicyclic) bond motifs is 1. The molecule has 0 radical (unpaired) electrons. The Balaban J connectivity index is 1.90. The van der Waals surface area contributed by atoms with E-state index in [0.29, 0.717) is 31.2 Å². The Bertz CT molecular complexity index is 1480. The van der Waals surface area contributed by atoms with E-state index in [0.717, 1.165) is 0 Å². The van der Waals surface area contributed by atoms with Crippen LogP contribution in [0, 0.1) is 0 Å². The molecule has 0 amide bonds. The Morgan fingerprint density at radius 1 is 1.15 bits per heavy atom. The zero-order chi connectivity index (χ0) is 24.6. The molecule has 2 heterocycles. The highest BCUT2D eigenvalue weighted by Crippen LogP contribution is 2.31. The molecule has 0 bridgehead atoms. The molecule has 0 unspecified atom stereocenters. The molecule has 1 atom stereocenters. The highest BCUT2D eigenvalue weighted by Gasteiger charge is 2.33. The molecular formula is C25H20ClN2O5S-. The van der Waals surface area contributed by atoms with Gasteiger partial charge in [0, 0.05) is 5.02 Å². The van der Waals surface area contributed by atoms with Gasteiger partial charge in [0.05, 0.1) is 33.9 Å². The van der Waals surface area contributed by atoms with E-state index in [1.54, 1.807) is 63.2 Å². The molecular weight excluding hydrogens is 476 g/mol. The number of halogens is 1. The summed E-state index contributed by atoms with van der Waals surface area (Å²) < 4.78 is 7.35. The van der Waals surface area contributed by atoms with E-state index in [4.69, 9.17) is 16.3 Å². The van der Waals surface area contributed by atoms with Gasteiger partial charge in [0.1, 0.15) is 0 Å². The van der Waals surface area contributed by atoms with Crippen LogP contribution in [0.4, 0.5) is 0 Å². The fourth-order valence-electron chi connectivity index (χ4n) is 3.69. The standard InChI is InChI=1S/C25H21ClN2O5S/c1-13(2)33-24(32)20-14(3)27-25-28(21(20)16-8-10-18(26)11-9-16)22(29)19(34-25)12-15-4-6-17(7-5-15)23(30)31/h4-13,21H,1-3H3,(H,30,31)/p-1/b19-12-/t21-/m0/s1. The minimum atomic E-state index is -1.27. The molecule has 1 aliphatic heterocycles. The number of hydrogen-bond donors (Lipinski definition) is 0. The highest BCUT2D eigenvalue weighted by molar-refractivity contribution is 7.07. The number of thiazole rings is 1. The zero-order valence-electron chi connectivity index (χ0n) is 18.6. The summed E-state index contributed by atoms with van der Waals surface area (Å²) in [5.41, 5.74) is 1.82. The number of hydrogen-bond acceptors (Lipinski definition) is 7. The minimum absolute atomic E-state index is 0.0466. The summed E-state index contributed by atoms with van der Waals surface area (Å²) >= 11 is 7.26. The van der Waals surface area contributed by atoms with Gasteiger partial charge in [-0.05, 0) is 55.7 Å². The monoisotopic (exact) mass is 495 g/mol. The minimum Gasteiger partial charge on any atom is -0.545 e. The number of carbonyl (C=O) groups excluding carboxylic acids is 2. The predicted molar refractivity (Wildman–Crippen MR) is 127 cm³/mol. The normalized spacial score (nSPS) is 15.8. The van der Waals surface area contributed by atoms with Crippen molar-refractivity contribution in [3.05, 3.63) is 101 Å². The van der Waals surface area contributed by atoms with Crippen molar-refractivity contribution in [2.75, 3.05) is 0 Å². The van der Waals surface area contributed by atoms with Gasteiger partial charge in [-0.1, -0.05) is 59.3 Å². The molecule has 0 fully saturated rings. The number of aromatic carboxylic acids is 1. The number of ether oxygens (including phenoxy) is 1. The topological polar surface area (TPSA) is 101 Å². The number of aromatic nitrogens is 1. The van der Waals surface area contributed by atoms with Crippen LogP contribution < -0.4 is 20.0 Å². The molecule has 0 N–H and O–H groups in total. The van der Waals surface area contributed by atoms with Crippen molar-refractivity contribution in [1.82, 2.24) is 4.57 Å². The summed E-state index contributed by atoms with van der Waals surface area (Å²) in [5, 5.41) is 11.5. The van der Waals surface area contributed by atoms with Crippen LogP contribution in [0.2, 0.25) is 5.02 Å². The number of carbonyl (C=O) groups is 2. The van der Waals surface area contributed by atoms with Crippen molar-refractivity contribution < 1.29 is 19.4 Å². The van der Waals surface area contributed by atoms with Crippen LogP contribution in [0.5, 0.6) is 0 Å². The van der Waals surface area contributed by atoms with Crippen molar-refractivity contribution in [3.8, 4) is 0 Å². The SMILES string of the molecule is CC1=C(C(=O)OC(C)C)[C@H](c2ccc(Cl)cc2)n2c(s/c(=C\c3ccc(C(=O)[O-])cc3)c2=O)=N1. The van der Waals surface area contributed by atoms with Crippen LogP contribution in [-0.4, -0.2) is 22.6 Å². The molecule has 0 saturated carbocycles. The lowest BCUT2D eigenvalue weighted by Gasteiger charge is -2.25. The summed E-state index contributed by atoms with van der Waals surface area (Å²) in [6, 6.07) is 12.2. The molecule has 0 aliphatic carbocycles. The summed E-state index contributed by atoms with van der Waals surface area (Å²) in [6.07, 6.45) is 1.32. The van der Waals surface area contributed by atoms with Crippen molar-refractivity contribution in [1.29, 1.82) is 0 Å². The van der Waals surface area contributed by atoms with Gasteiger partial charge in [-0.3, -0.25) is 9.36 Å². The van der Waals surface area contributed by atoms with Crippen molar-refractivity contribution in [3.63, 3.8) is 0 Å². The zero-order valence-corrected chi connectivity index (χ0v) is 20.1. The molecule has 0 spiro atoms. The van der Waals surface area contributed by atoms with E-state index in [1.807, 2.05) is 0 Å². The van der Waals surface area contributed by atoms with E-state index in [1.165, 1.54) is 28.0 Å². The first-order valence-electron chi connectivity index (χ1n) is 10.5. The number of carboxylic acid groups (broad SMARTS) is 1. The lowest BCUT2D eigenvalue weighted by Crippen LogP contribution is -2.40. The highest BCUT2D eigenvalue weighted by atomic mass is 35.5. The maximum absolute atomic E-state index is 13.5. The quantitative estimate of drug-likeness (QED) is 0.505. The van der Waals surface area contributed by atoms with Crippen LogP contribution in [0.25, 0.3) is 6.08 Å². The second-order valence-electron chi connectivity index (χ2n) is 8.00. The van der Waals surface area contributed by atoms with Gasteiger partial charge >= 0.3 is 5.97 Å². The number of nitrogens with zero attached hydrogens (tertiary/aromatic N) is 2. The third kappa shape index (κ3) is 4.60. The van der Waals surface area contributed by atoms with E-state index in [-0.39, 0.29) is 22.8 Å². The predicted octanol–water partition coefficient (Wildman–Crippen LogP) is 2.20. The number of benzene rings is 2. The van der Waals surface area contributed by atoms with Crippen LogP contribution in [0.3, 0.4) is 0 Å². The third-order valence-electron chi connectivity index (χ3n) is 5.21. The van der Waals surface area contributed by atoms with Gasteiger partial charge in [-0.25, -0.2) is 9.79 Å². The average Bonchev–Trinajstić information content (AvgIpc) is 3.07. The van der Waals surface area contributed by atoms with E-state index >= 15 is 0 Å². The first kappa shape index (κ1) is 23.7. The van der Waals surface area contributed by atoms with Crippen LogP contribution in [-0.2, 0) is 9.53 Å². The van der Waals surface area contributed by atoms with Gasteiger partial charge in [0.15, 0.2) is 4.80 Å². The van der Waals surface area contributed by atoms with E-state index in [9.17, 15) is 19.5 Å². The Morgan fingerprint density at radius 2 is 1.79 bits per heavy atom. The summed E-state index contributed by atoms with van der Waals surface area (Å²) in [5.74, 6) is -1.81. The number of carboxylic acids is 1. The molecule has 174 valence electrons. The molecule has 7 nitrogen and oxygen atoms in total. The van der Waals surface area contributed by atoms with E-state index < -0.39 is 18.0 Å².